The summed E-state index contributed by atoms with van der Waals surface area (Å²) < 4.78 is 115. The molecule has 0 aliphatic rings. The third kappa shape index (κ3) is 5.08. The van der Waals surface area contributed by atoms with Gasteiger partial charge in [-0.3, -0.25) is 0 Å². The van der Waals surface area contributed by atoms with Gasteiger partial charge >= 0.3 is 17.8 Å². The Morgan fingerprint density at radius 1 is 0.704 bits per heavy atom. The molecule has 8 heteroatoms. The molecule has 0 amide bonds. The van der Waals surface area contributed by atoms with Gasteiger partial charge in [0.15, 0.2) is 5.67 Å². The maximum Gasteiger partial charge on any atom is 0.375 e. The lowest BCUT2D eigenvalue weighted by atomic mass is 9.64. The smallest absolute Gasteiger partial charge is 0.247 e. The van der Waals surface area contributed by atoms with Gasteiger partial charge in [0.05, 0.1) is 0 Å². The first-order valence-corrected chi connectivity index (χ1v) is 9.05. The lowest BCUT2D eigenvalue weighted by Crippen LogP contribution is -2.67. The van der Waals surface area contributed by atoms with Gasteiger partial charge in [0.1, 0.15) is 6.17 Å². The van der Waals surface area contributed by atoms with Crippen LogP contribution in [0.15, 0.2) is 0 Å². The summed E-state index contributed by atoms with van der Waals surface area (Å²) >= 11 is 0. The minimum Gasteiger partial charge on any atom is -0.247 e. The van der Waals surface area contributed by atoms with Gasteiger partial charge in [0, 0.05) is 12.3 Å². The van der Waals surface area contributed by atoms with Crippen molar-refractivity contribution in [1.29, 1.82) is 0 Å². The van der Waals surface area contributed by atoms with Crippen molar-refractivity contribution in [3.05, 3.63) is 0 Å². The fraction of sp³-hybridized carbons (Fsp3) is 1.00. The molecule has 0 aromatic rings. The molecule has 0 heterocycles. The van der Waals surface area contributed by atoms with Gasteiger partial charge in [-0.15, -0.1) is 0 Å². The molecule has 3 unspecified atom stereocenters. The predicted molar refractivity (Wildman–Crippen MR) is 91.2 cm³/mol. The molecule has 27 heavy (non-hydrogen) atoms. The summed E-state index contributed by atoms with van der Waals surface area (Å²) in [6.07, 6.45) is -4.27. The van der Waals surface area contributed by atoms with E-state index in [1.807, 2.05) is 0 Å². The van der Waals surface area contributed by atoms with Gasteiger partial charge in [-0.05, 0) is 31.1 Å². The Hall–Kier alpha value is -0.560. The first-order valence-electron chi connectivity index (χ1n) is 9.05. The average Bonchev–Trinajstić information content (AvgIpc) is 2.42. The van der Waals surface area contributed by atoms with Crippen LogP contribution in [0.3, 0.4) is 0 Å². The zero-order chi connectivity index (χ0) is 22.3. The highest BCUT2D eigenvalue weighted by Crippen LogP contribution is 2.59. The van der Waals surface area contributed by atoms with Crippen molar-refractivity contribution in [2.75, 3.05) is 0 Å². The third-order valence-corrected chi connectivity index (χ3v) is 5.45. The molecule has 3 atom stereocenters. The number of alkyl halides is 8. The van der Waals surface area contributed by atoms with Gasteiger partial charge in [0.2, 0.25) is 0 Å². The normalized spacial score (nSPS) is 19.6. The molecule has 0 aromatic heterocycles. The Labute approximate surface area is 157 Å². The SMILES string of the molecule is CCC(C)(C)C(C(C)F)C(C)(F)C(F)(F)C(F)(F)C(F)(F)CCC(C)(C)C. The Morgan fingerprint density at radius 3 is 1.41 bits per heavy atom. The molecule has 0 saturated heterocycles. The van der Waals surface area contributed by atoms with E-state index in [0.717, 1.165) is 6.92 Å². The summed E-state index contributed by atoms with van der Waals surface area (Å²) in [6, 6.07) is 0. The molecule has 0 bridgehead atoms. The zero-order valence-electron chi connectivity index (χ0n) is 17.3. The van der Waals surface area contributed by atoms with E-state index in [9.17, 15) is 30.7 Å². The van der Waals surface area contributed by atoms with Crippen LogP contribution in [0.2, 0.25) is 0 Å². The molecule has 0 rings (SSSR count). The maximum absolute atomic E-state index is 15.2. The third-order valence-electron chi connectivity index (χ3n) is 5.45. The highest BCUT2D eigenvalue weighted by atomic mass is 19.3. The first kappa shape index (κ1) is 26.4. The molecule has 0 saturated carbocycles. The number of hydrogen-bond donors (Lipinski definition) is 0. The van der Waals surface area contributed by atoms with Crippen LogP contribution in [0.4, 0.5) is 35.1 Å². The van der Waals surface area contributed by atoms with Crippen LogP contribution in [0, 0.1) is 16.7 Å². The van der Waals surface area contributed by atoms with Crippen LogP contribution < -0.4 is 0 Å². The van der Waals surface area contributed by atoms with Crippen LogP contribution in [-0.2, 0) is 0 Å². The van der Waals surface area contributed by atoms with Crippen molar-refractivity contribution in [3.8, 4) is 0 Å². The standard InChI is InChI=1S/C19H32F8/c1-9-15(6,7)13(12(2)20)16(8,21)18(24,25)19(26,27)17(22,23)11-10-14(3,4)5/h12-13H,9-11H2,1-8H3. The maximum atomic E-state index is 15.2. The Morgan fingerprint density at radius 2 is 1.11 bits per heavy atom. The second kappa shape index (κ2) is 7.69. The minimum absolute atomic E-state index is 0.00644. The van der Waals surface area contributed by atoms with E-state index in [1.54, 1.807) is 0 Å². The van der Waals surface area contributed by atoms with E-state index in [4.69, 9.17) is 0 Å². The Kier molecular flexibility index (Phi) is 7.53. The van der Waals surface area contributed by atoms with Gasteiger partial charge in [0.25, 0.3) is 0 Å². The Balaban J connectivity index is 6.16. The van der Waals surface area contributed by atoms with E-state index in [0.29, 0.717) is 0 Å². The molecule has 0 N–H and O–H groups in total. The van der Waals surface area contributed by atoms with Crippen LogP contribution in [0.25, 0.3) is 0 Å². The first-order chi connectivity index (χ1) is 11.6. The largest absolute Gasteiger partial charge is 0.375 e. The van der Waals surface area contributed by atoms with E-state index in [2.05, 4.69) is 0 Å². The number of halogens is 8. The summed E-state index contributed by atoms with van der Waals surface area (Å²) in [5, 5.41) is 0. The minimum atomic E-state index is -5.98. The summed E-state index contributed by atoms with van der Waals surface area (Å²) in [5.74, 6) is -19.1. The van der Waals surface area contributed by atoms with Gasteiger partial charge in [-0.1, -0.05) is 48.0 Å². The topological polar surface area (TPSA) is 0 Å². The van der Waals surface area contributed by atoms with Crippen molar-refractivity contribution in [2.24, 2.45) is 16.7 Å². The van der Waals surface area contributed by atoms with Crippen molar-refractivity contribution in [3.63, 3.8) is 0 Å². The number of hydrogen-bond acceptors (Lipinski definition) is 0. The Bertz CT molecular complexity index is 486. The van der Waals surface area contributed by atoms with Crippen LogP contribution in [-0.4, -0.2) is 29.6 Å². The monoisotopic (exact) mass is 412 g/mol. The molecular weight excluding hydrogens is 380 g/mol. The van der Waals surface area contributed by atoms with Gasteiger partial charge in [-0.2, -0.15) is 26.3 Å². The number of rotatable bonds is 9. The van der Waals surface area contributed by atoms with E-state index in [-0.39, 0.29) is 13.3 Å². The molecule has 0 nitrogen and oxygen atoms in total. The highest BCUT2D eigenvalue weighted by Gasteiger charge is 2.79. The van der Waals surface area contributed by atoms with Crippen LogP contribution in [0.1, 0.15) is 74.7 Å². The lowest BCUT2D eigenvalue weighted by molar-refractivity contribution is -0.355. The van der Waals surface area contributed by atoms with E-state index < -0.39 is 59.2 Å². The van der Waals surface area contributed by atoms with Crippen molar-refractivity contribution >= 4 is 0 Å². The fourth-order valence-electron chi connectivity index (χ4n) is 3.43. The van der Waals surface area contributed by atoms with Gasteiger partial charge < -0.3 is 0 Å². The van der Waals surface area contributed by atoms with Crippen molar-refractivity contribution in [2.45, 2.75) is 104 Å². The zero-order valence-corrected chi connectivity index (χ0v) is 17.3. The second-order valence-electron chi connectivity index (χ2n) is 9.49. The predicted octanol–water partition coefficient (Wildman–Crippen LogP) is 7.86. The highest BCUT2D eigenvalue weighted by molar-refractivity contribution is 5.11. The molecule has 0 radical (unpaired) electrons. The fourth-order valence-corrected chi connectivity index (χ4v) is 3.43. The van der Waals surface area contributed by atoms with Crippen LogP contribution >= 0.6 is 0 Å². The summed E-state index contributed by atoms with van der Waals surface area (Å²) in [5.41, 5.74) is -6.47. The molecule has 0 aliphatic carbocycles. The summed E-state index contributed by atoms with van der Waals surface area (Å²) in [4.78, 5) is 0. The van der Waals surface area contributed by atoms with Crippen LogP contribution in [0.5, 0.6) is 0 Å². The van der Waals surface area contributed by atoms with E-state index in [1.165, 1.54) is 41.5 Å². The summed E-state index contributed by atoms with van der Waals surface area (Å²) in [7, 11) is 0. The molecule has 0 fully saturated rings. The molecule has 0 aromatic carbocycles. The van der Waals surface area contributed by atoms with Gasteiger partial charge in [-0.25, -0.2) is 8.78 Å². The second-order valence-corrected chi connectivity index (χ2v) is 9.49. The lowest BCUT2D eigenvalue weighted by Gasteiger charge is -2.48. The molecule has 0 aliphatic heterocycles. The molecular formula is C19H32F8. The van der Waals surface area contributed by atoms with Crippen molar-refractivity contribution in [1.82, 2.24) is 0 Å². The average molecular weight is 412 g/mol. The van der Waals surface area contributed by atoms with E-state index >= 15 is 4.39 Å². The molecule has 164 valence electrons. The summed E-state index contributed by atoms with van der Waals surface area (Å²) in [6.45, 7) is 9.29. The quantitative estimate of drug-likeness (QED) is 0.338. The van der Waals surface area contributed by atoms with Crippen molar-refractivity contribution < 1.29 is 35.1 Å². The molecule has 0 spiro atoms.